The van der Waals surface area contributed by atoms with Gasteiger partial charge in [0.05, 0.1) is 13.3 Å². The highest BCUT2D eigenvalue weighted by molar-refractivity contribution is 5.95. The second-order valence-corrected chi connectivity index (χ2v) is 4.35. The summed E-state index contributed by atoms with van der Waals surface area (Å²) in [7, 11) is 3.27. The number of ether oxygens (including phenoxy) is 1. The van der Waals surface area contributed by atoms with Crippen LogP contribution < -0.4 is 4.74 Å². The number of rotatable bonds is 3. The van der Waals surface area contributed by atoms with Crippen molar-refractivity contribution < 1.29 is 19.1 Å². The van der Waals surface area contributed by atoms with E-state index in [4.69, 9.17) is 9.15 Å². The van der Waals surface area contributed by atoms with Crippen LogP contribution in [0.5, 0.6) is 5.75 Å². The minimum Gasteiger partial charge on any atom is -0.497 e. The molecular weight excluding hydrogens is 260 g/mol. The molecule has 0 amide bonds. The van der Waals surface area contributed by atoms with Crippen molar-refractivity contribution >= 4 is 16.9 Å². The van der Waals surface area contributed by atoms with Crippen LogP contribution in [0.3, 0.4) is 0 Å². The van der Waals surface area contributed by atoms with E-state index in [2.05, 4.69) is 5.10 Å². The molecule has 3 aromatic rings. The summed E-state index contributed by atoms with van der Waals surface area (Å²) in [5, 5.41) is 14.0. The van der Waals surface area contributed by atoms with Crippen molar-refractivity contribution in [3.63, 3.8) is 0 Å². The quantitative estimate of drug-likeness (QED) is 0.792. The molecule has 3 rings (SSSR count). The molecule has 20 heavy (non-hydrogen) atoms. The third-order valence-corrected chi connectivity index (χ3v) is 3.13. The number of furan rings is 1. The van der Waals surface area contributed by atoms with Gasteiger partial charge in [-0.3, -0.25) is 4.68 Å². The Morgan fingerprint density at radius 3 is 2.90 bits per heavy atom. The molecule has 6 nitrogen and oxygen atoms in total. The molecule has 0 unspecified atom stereocenters. The van der Waals surface area contributed by atoms with Gasteiger partial charge in [0, 0.05) is 12.4 Å². The molecule has 2 aromatic heterocycles. The first kappa shape index (κ1) is 12.3. The maximum atomic E-state index is 11.2. The molecular formula is C14H12N2O4. The largest absolute Gasteiger partial charge is 0.497 e. The van der Waals surface area contributed by atoms with E-state index >= 15 is 0 Å². The summed E-state index contributed by atoms with van der Waals surface area (Å²) in [5.74, 6) is 0.144. The number of benzene rings is 1. The molecule has 1 N–H and O–H groups in total. The van der Waals surface area contributed by atoms with Crippen molar-refractivity contribution in [3.8, 4) is 17.2 Å². The van der Waals surface area contributed by atoms with E-state index in [9.17, 15) is 9.90 Å². The predicted octanol–water partition coefficient (Wildman–Crippen LogP) is 2.54. The molecule has 0 aliphatic heterocycles. The van der Waals surface area contributed by atoms with E-state index in [1.54, 1.807) is 32.4 Å². The molecule has 0 atom stereocenters. The summed E-state index contributed by atoms with van der Waals surface area (Å²) in [6.45, 7) is 0. The SMILES string of the molecule is COc1ccc2oc(-c3c(C(=O)O)cnn3C)cc2c1. The number of methoxy groups -OCH3 is 1. The summed E-state index contributed by atoms with van der Waals surface area (Å²) in [5.41, 5.74) is 1.21. The van der Waals surface area contributed by atoms with Gasteiger partial charge in [-0.1, -0.05) is 0 Å². The van der Waals surface area contributed by atoms with Gasteiger partial charge >= 0.3 is 5.97 Å². The van der Waals surface area contributed by atoms with Crippen molar-refractivity contribution in [1.82, 2.24) is 9.78 Å². The van der Waals surface area contributed by atoms with Crippen molar-refractivity contribution in [2.24, 2.45) is 7.05 Å². The number of aryl methyl sites for hydroxylation is 1. The molecule has 1 aromatic carbocycles. The molecule has 0 saturated carbocycles. The highest BCUT2D eigenvalue weighted by atomic mass is 16.5. The highest BCUT2D eigenvalue weighted by Gasteiger charge is 2.20. The van der Waals surface area contributed by atoms with Gasteiger partial charge in [-0.2, -0.15) is 5.10 Å². The van der Waals surface area contributed by atoms with E-state index in [0.717, 1.165) is 5.39 Å². The summed E-state index contributed by atoms with van der Waals surface area (Å²) < 4.78 is 12.3. The van der Waals surface area contributed by atoms with Crippen LogP contribution in [-0.4, -0.2) is 28.0 Å². The van der Waals surface area contributed by atoms with Crippen LogP contribution in [0.1, 0.15) is 10.4 Å². The van der Waals surface area contributed by atoms with Crippen LogP contribution in [0.15, 0.2) is 34.9 Å². The van der Waals surface area contributed by atoms with Gasteiger partial charge in [-0.05, 0) is 24.3 Å². The van der Waals surface area contributed by atoms with Crippen LogP contribution >= 0.6 is 0 Å². The van der Waals surface area contributed by atoms with Crippen molar-refractivity contribution in [3.05, 3.63) is 36.0 Å². The van der Waals surface area contributed by atoms with Gasteiger partial charge in [0.2, 0.25) is 0 Å². The number of carboxylic acids is 1. The number of carbonyl (C=O) groups is 1. The van der Waals surface area contributed by atoms with Crippen LogP contribution in [0.25, 0.3) is 22.4 Å². The minimum absolute atomic E-state index is 0.110. The zero-order chi connectivity index (χ0) is 14.3. The molecule has 0 aliphatic carbocycles. The maximum Gasteiger partial charge on any atom is 0.339 e. The number of nitrogens with zero attached hydrogens (tertiary/aromatic N) is 2. The third kappa shape index (κ3) is 1.82. The van der Waals surface area contributed by atoms with Gasteiger partial charge in [0.15, 0.2) is 5.76 Å². The Morgan fingerprint density at radius 2 is 2.20 bits per heavy atom. The smallest absolute Gasteiger partial charge is 0.339 e. The molecule has 2 heterocycles. The standard InChI is InChI=1S/C14H12N2O4/c1-16-13(10(7-15-16)14(17)18)12-6-8-5-9(19-2)3-4-11(8)20-12/h3-7H,1-2H3,(H,17,18). The van der Waals surface area contributed by atoms with Gasteiger partial charge in [-0.15, -0.1) is 0 Å². The fourth-order valence-corrected chi connectivity index (χ4v) is 2.15. The van der Waals surface area contributed by atoms with E-state index in [1.807, 2.05) is 6.07 Å². The fraction of sp³-hybridized carbons (Fsp3) is 0.143. The van der Waals surface area contributed by atoms with Crippen molar-refractivity contribution in [1.29, 1.82) is 0 Å². The summed E-state index contributed by atoms with van der Waals surface area (Å²) in [4.78, 5) is 11.2. The second kappa shape index (κ2) is 4.41. The lowest BCUT2D eigenvalue weighted by Gasteiger charge is -1.99. The number of aromatic carboxylic acids is 1. The number of hydrogen-bond donors (Lipinski definition) is 1. The topological polar surface area (TPSA) is 77.5 Å². The Bertz CT molecular complexity index is 801. The molecule has 0 saturated heterocycles. The van der Waals surface area contributed by atoms with Crippen LogP contribution in [0.4, 0.5) is 0 Å². The number of aromatic nitrogens is 2. The normalized spacial score (nSPS) is 10.9. The van der Waals surface area contributed by atoms with Crippen LogP contribution in [0.2, 0.25) is 0 Å². The van der Waals surface area contributed by atoms with Gasteiger partial charge < -0.3 is 14.3 Å². The van der Waals surface area contributed by atoms with E-state index in [-0.39, 0.29) is 5.56 Å². The zero-order valence-electron chi connectivity index (χ0n) is 11.0. The average Bonchev–Trinajstić information content (AvgIpc) is 3.00. The number of fused-ring (bicyclic) bond motifs is 1. The van der Waals surface area contributed by atoms with Gasteiger partial charge in [0.25, 0.3) is 0 Å². The molecule has 0 aliphatic rings. The molecule has 102 valence electrons. The maximum absolute atomic E-state index is 11.2. The number of hydrogen-bond acceptors (Lipinski definition) is 4. The minimum atomic E-state index is -1.04. The Kier molecular flexibility index (Phi) is 2.71. The number of carboxylic acid groups (broad SMARTS) is 1. The lowest BCUT2D eigenvalue weighted by molar-refractivity contribution is 0.0697. The monoisotopic (exact) mass is 272 g/mol. The molecule has 0 bridgehead atoms. The van der Waals surface area contributed by atoms with Crippen LogP contribution in [-0.2, 0) is 7.05 Å². The Morgan fingerprint density at radius 1 is 1.40 bits per heavy atom. The van der Waals surface area contributed by atoms with E-state index in [0.29, 0.717) is 22.8 Å². The molecule has 0 fully saturated rings. The molecule has 0 radical (unpaired) electrons. The first-order valence-electron chi connectivity index (χ1n) is 5.93. The third-order valence-electron chi connectivity index (χ3n) is 3.13. The Labute approximate surface area is 114 Å². The lowest BCUT2D eigenvalue weighted by atomic mass is 10.2. The predicted molar refractivity (Wildman–Crippen MR) is 71.9 cm³/mol. The average molecular weight is 272 g/mol. The second-order valence-electron chi connectivity index (χ2n) is 4.35. The molecule has 6 heteroatoms. The van der Waals surface area contributed by atoms with E-state index < -0.39 is 5.97 Å². The Hall–Kier alpha value is -2.76. The summed E-state index contributed by atoms with van der Waals surface area (Å²) in [6.07, 6.45) is 1.31. The van der Waals surface area contributed by atoms with E-state index in [1.165, 1.54) is 10.9 Å². The van der Waals surface area contributed by atoms with Crippen molar-refractivity contribution in [2.75, 3.05) is 7.11 Å². The highest BCUT2D eigenvalue weighted by Crippen LogP contribution is 2.31. The first-order valence-corrected chi connectivity index (χ1v) is 5.93. The summed E-state index contributed by atoms with van der Waals surface area (Å²) in [6, 6.07) is 7.19. The first-order chi connectivity index (χ1) is 9.60. The van der Waals surface area contributed by atoms with Gasteiger partial charge in [0.1, 0.15) is 22.6 Å². The zero-order valence-corrected chi connectivity index (χ0v) is 11.0. The van der Waals surface area contributed by atoms with Gasteiger partial charge in [-0.25, -0.2) is 4.79 Å². The molecule has 0 spiro atoms. The Balaban J connectivity index is 2.20. The summed E-state index contributed by atoms with van der Waals surface area (Å²) >= 11 is 0. The fourth-order valence-electron chi connectivity index (χ4n) is 2.15. The lowest BCUT2D eigenvalue weighted by Crippen LogP contribution is -1.99. The van der Waals surface area contributed by atoms with Crippen LogP contribution in [0, 0.1) is 0 Å². The van der Waals surface area contributed by atoms with Crippen molar-refractivity contribution in [2.45, 2.75) is 0 Å².